The molecular weight excluding hydrogens is 376 g/mol. The number of amides is 1. The van der Waals surface area contributed by atoms with Crippen LogP contribution in [0.1, 0.15) is 18.1 Å². The van der Waals surface area contributed by atoms with E-state index in [9.17, 15) is 4.79 Å². The highest BCUT2D eigenvalue weighted by Crippen LogP contribution is 2.33. The van der Waals surface area contributed by atoms with E-state index in [1.165, 1.54) is 0 Å². The Hall–Kier alpha value is -3.47. The number of hydrogen-bond acceptors (Lipinski definition) is 4. The molecule has 5 nitrogen and oxygen atoms in total. The summed E-state index contributed by atoms with van der Waals surface area (Å²) in [5, 5.41) is 6.30. The molecule has 3 aromatic carbocycles. The number of rotatable bonds is 7. The molecular formula is C25H28N2O3. The first-order chi connectivity index (χ1) is 14.4. The Labute approximate surface area is 178 Å². The van der Waals surface area contributed by atoms with Crippen molar-refractivity contribution in [3.8, 4) is 22.6 Å². The first-order valence-corrected chi connectivity index (χ1v) is 9.88. The van der Waals surface area contributed by atoms with Crippen molar-refractivity contribution in [1.29, 1.82) is 0 Å². The zero-order chi connectivity index (χ0) is 21.7. The van der Waals surface area contributed by atoms with Gasteiger partial charge in [0.15, 0.2) is 0 Å². The Morgan fingerprint density at radius 1 is 0.900 bits per heavy atom. The van der Waals surface area contributed by atoms with Crippen LogP contribution in [0.2, 0.25) is 0 Å². The summed E-state index contributed by atoms with van der Waals surface area (Å²) in [5.74, 6) is 1.47. The minimum absolute atomic E-state index is 0.0921. The molecule has 0 aliphatic heterocycles. The maximum Gasteiger partial charge on any atom is 0.246 e. The van der Waals surface area contributed by atoms with Gasteiger partial charge in [0, 0.05) is 16.9 Å². The number of benzene rings is 3. The molecule has 156 valence electrons. The maximum atomic E-state index is 12.7. The van der Waals surface area contributed by atoms with E-state index in [1.54, 1.807) is 14.2 Å². The van der Waals surface area contributed by atoms with Crippen LogP contribution in [0.5, 0.6) is 11.5 Å². The Morgan fingerprint density at radius 2 is 1.63 bits per heavy atom. The van der Waals surface area contributed by atoms with E-state index in [0.717, 1.165) is 45.1 Å². The van der Waals surface area contributed by atoms with Crippen LogP contribution in [0.15, 0.2) is 60.7 Å². The van der Waals surface area contributed by atoms with Crippen LogP contribution in [-0.4, -0.2) is 26.2 Å². The first kappa shape index (κ1) is 21.2. The molecule has 3 aromatic rings. The maximum absolute atomic E-state index is 12.7. The number of aryl methyl sites for hydroxylation is 2. The molecule has 0 aliphatic carbocycles. The van der Waals surface area contributed by atoms with Crippen LogP contribution in [0.3, 0.4) is 0 Å². The predicted molar refractivity (Wildman–Crippen MR) is 123 cm³/mol. The van der Waals surface area contributed by atoms with Crippen molar-refractivity contribution in [2.24, 2.45) is 0 Å². The number of nitrogens with one attached hydrogen (secondary N) is 2. The zero-order valence-electron chi connectivity index (χ0n) is 18.1. The van der Waals surface area contributed by atoms with E-state index in [-0.39, 0.29) is 5.91 Å². The van der Waals surface area contributed by atoms with Crippen molar-refractivity contribution >= 4 is 17.3 Å². The molecule has 0 saturated carbocycles. The lowest BCUT2D eigenvalue weighted by molar-refractivity contribution is -0.116. The fourth-order valence-corrected chi connectivity index (χ4v) is 3.22. The van der Waals surface area contributed by atoms with Crippen LogP contribution >= 0.6 is 0 Å². The van der Waals surface area contributed by atoms with Gasteiger partial charge in [-0.3, -0.25) is 4.79 Å². The highest BCUT2D eigenvalue weighted by molar-refractivity contribution is 5.97. The molecule has 0 bridgehead atoms. The molecule has 0 aliphatic rings. The monoisotopic (exact) mass is 404 g/mol. The van der Waals surface area contributed by atoms with E-state index in [0.29, 0.717) is 0 Å². The van der Waals surface area contributed by atoms with Gasteiger partial charge in [-0.2, -0.15) is 0 Å². The van der Waals surface area contributed by atoms with Gasteiger partial charge in [0.2, 0.25) is 5.91 Å². The van der Waals surface area contributed by atoms with Crippen LogP contribution in [0.25, 0.3) is 11.1 Å². The van der Waals surface area contributed by atoms with Gasteiger partial charge in [0.05, 0.1) is 14.2 Å². The third kappa shape index (κ3) is 4.92. The molecule has 1 atom stereocenters. The normalized spacial score (nSPS) is 11.5. The molecule has 0 saturated heterocycles. The summed E-state index contributed by atoms with van der Waals surface area (Å²) in [7, 11) is 3.29. The summed E-state index contributed by atoms with van der Waals surface area (Å²) in [4.78, 5) is 12.7. The van der Waals surface area contributed by atoms with Gasteiger partial charge in [-0.1, -0.05) is 24.3 Å². The minimum atomic E-state index is -0.415. The first-order valence-electron chi connectivity index (χ1n) is 9.88. The summed E-state index contributed by atoms with van der Waals surface area (Å²) in [6.07, 6.45) is 0. The Balaban J connectivity index is 1.78. The molecule has 0 heterocycles. The number of hydrogen-bond donors (Lipinski definition) is 2. The quantitative estimate of drug-likeness (QED) is 0.551. The molecule has 2 N–H and O–H groups in total. The SMILES string of the molecule is COc1ccc(-c2cc(N[C@H](C)C(=O)Nc3cc(C)ccc3C)ccc2OC)cc1. The fourth-order valence-electron chi connectivity index (χ4n) is 3.22. The Kier molecular flexibility index (Phi) is 6.62. The van der Waals surface area contributed by atoms with Crippen molar-refractivity contribution in [2.45, 2.75) is 26.8 Å². The average Bonchev–Trinajstić information content (AvgIpc) is 2.76. The smallest absolute Gasteiger partial charge is 0.246 e. The average molecular weight is 405 g/mol. The van der Waals surface area contributed by atoms with Gasteiger partial charge in [-0.25, -0.2) is 0 Å². The predicted octanol–water partition coefficient (Wildman–Crippen LogP) is 5.43. The molecule has 0 unspecified atom stereocenters. The van der Waals surface area contributed by atoms with Gasteiger partial charge < -0.3 is 20.1 Å². The van der Waals surface area contributed by atoms with Crippen molar-refractivity contribution < 1.29 is 14.3 Å². The zero-order valence-corrected chi connectivity index (χ0v) is 18.1. The molecule has 5 heteroatoms. The Morgan fingerprint density at radius 3 is 2.30 bits per heavy atom. The highest BCUT2D eigenvalue weighted by Gasteiger charge is 2.15. The number of carbonyl (C=O) groups is 1. The summed E-state index contributed by atoms with van der Waals surface area (Å²) < 4.78 is 10.8. The molecule has 0 spiro atoms. The van der Waals surface area contributed by atoms with E-state index in [1.807, 2.05) is 81.4 Å². The summed E-state index contributed by atoms with van der Waals surface area (Å²) in [5.41, 5.74) is 5.76. The van der Waals surface area contributed by atoms with E-state index < -0.39 is 6.04 Å². The number of carbonyl (C=O) groups excluding carboxylic acids is 1. The largest absolute Gasteiger partial charge is 0.497 e. The van der Waals surface area contributed by atoms with Crippen LogP contribution in [-0.2, 0) is 4.79 Å². The van der Waals surface area contributed by atoms with Gasteiger partial charge in [-0.05, 0) is 73.9 Å². The molecule has 0 fully saturated rings. The van der Waals surface area contributed by atoms with Crippen LogP contribution < -0.4 is 20.1 Å². The summed E-state index contributed by atoms with van der Waals surface area (Å²) in [6, 6.07) is 19.2. The highest BCUT2D eigenvalue weighted by atomic mass is 16.5. The molecule has 0 aromatic heterocycles. The number of anilines is 2. The van der Waals surface area contributed by atoms with Gasteiger partial charge in [0.25, 0.3) is 0 Å². The standard InChI is InChI=1S/C25H28N2O3/c1-16-6-7-17(2)23(14-16)27-25(28)18(3)26-20-10-13-24(30-5)22(15-20)19-8-11-21(29-4)12-9-19/h6-15,18,26H,1-5H3,(H,27,28)/t18-/m1/s1. The lowest BCUT2D eigenvalue weighted by atomic mass is 10.0. The summed E-state index contributed by atoms with van der Waals surface area (Å²) in [6.45, 7) is 5.84. The molecule has 1 amide bonds. The second kappa shape index (κ2) is 9.35. The molecule has 30 heavy (non-hydrogen) atoms. The van der Waals surface area contributed by atoms with Crippen molar-refractivity contribution in [1.82, 2.24) is 0 Å². The van der Waals surface area contributed by atoms with Crippen molar-refractivity contribution in [2.75, 3.05) is 24.9 Å². The van der Waals surface area contributed by atoms with Crippen molar-refractivity contribution in [3.63, 3.8) is 0 Å². The van der Waals surface area contributed by atoms with Gasteiger partial charge >= 0.3 is 0 Å². The lowest BCUT2D eigenvalue weighted by Crippen LogP contribution is -2.32. The molecule has 3 rings (SSSR count). The third-order valence-corrected chi connectivity index (χ3v) is 5.03. The minimum Gasteiger partial charge on any atom is -0.497 e. The second-order valence-electron chi connectivity index (χ2n) is 7.32. The fraction of sp³-hybridized carbons (Fsp3) is 0.240. The van der Waals surface area contributed by atoms with Crippen LogP contribution in [0.4, 0.5) is 11.4 Å². The molecule has 0 radical (unpaired) electrons. The van der Waals surface area contributed by atoms with Gasteiger partial charge in [0.1, 0.15) is 17.5 Å². The van der Waals surface area contributed by atoms with Gasteiger partial charge in [-0.15, -0.1) is 0 Å². The summed E-state index contributed by atoms with van der Waals surface area (Å²) >= 11 is 0. The van der Waals surface area contributed by atoms with Crippen LogP contribution in [0, 0.1) is 13.8 Å². The van der Waals surface area contributed by atoms with Crippen molar-refractivity contribution in [3.05, 3.63) is 71.8 Å². The topological polar surface area (TPSA) is 59.6 Å². The van der Waals surface area contributed by atoms with E-state index in [4.69, 9.17) is 9.47 Å². The number of methoxy groups -OCH3 is 2. The van der Waals surface area contributed by atoms with E-state index in [2.05, 4.69) is 10.6 Å². The third-order valence-electron chi connectivity index (χ3n) is 5.03. The Bertz CT molecular complexity index is 1030. The number of ether oxygens (including phenoxy) is 2. The lowest BCUT2D eigenvalue weighted by Gasteiger charge is -2.18. The second-order valence-corrected chi connectivity index (χ2v) is 7.32. The van der Waals surface area contributed by atoms with E-state index >= 15 is 0 Å².